The first-order valence-electron chi connectivity index (χ1n) is 12.5. The molecule has 1 saturated heterocycles. The van der Waals surface area contributed by atoms with Crippen LogP contribution in [0.25, 0.3) is 0 Å². The van der Waals surface area contributed by atoms with E-state index >= 15 is 0 Å². The molecule has 0 unspecified atom stereocenters. The Balaban J connectivity index is 0.00000320. The minimum absolute atomic E-state index is 0. The van der Waals surface area contributed by atoms with Gasteiger partial charge in [-0.2, -0.15) is 0 Å². The number of halogens is 4. The first-order chi connectivity index (χ1) is 17.3. The van der Waals surface area contributed by atoms with Crippen molar-refractivity contribution in [2.45, 2.75) is 56.0 Å². The van der Waals surface area contributed by atoms with Gasteiger partial charge in [-0.15, -0.1) is 12.4 Å². The number of urea groups is 1. The first-order valence-corrected chi connectivity index (χ1v) is 12.5. The van der Waals surface area contributed by atoms with Crippen LogP contribution < -0.4 is 20.1 Å². The molecule has 2 aromatic rings. The lowest BCUT2D eigenvalue weighted by atomic mass is 9.65. The minimum Gasteiger partial charge on any atom is -0.493 e. The van der Waals surface area contributed by atoms with E-state index in [0.717, 1.165) is 56.8 Å². The average Bonchev–Trinajstić information content (AvgIpc) is 3.64. The second kappa shape index (κ2) is 11.0. The lowest BCUT2D eigenvalue weighted by Crippen LogP contribution is -2.53. The highest BCUT2D eigenvalue weighted by molar-refractivity contribution is 5.89. The van der Waals surface area contributed by atoms with E-state index in [1.165, 1.54) is 18.4 Å². The molecule has 2 saturated carbocycles. The van der Waals surface area contributed by atoms with Crippen LogP contribution in [0.4, 0.5) is 23.7 Å². The van der Waals surface area contributed by atoms with Gasteiger partial charge in [-0.3, -0.25) is 4.90 Å². The Bertz CT molecular complexity index is 1150. The summed E-state index contributed by atoms with van der Waals surface area (Å²) in [7, 11) is 3.26. The van der Waals surface area contributed by atoms with E-state index in [1.54, 1.807) is 14.2 Å². The maximum absolute atomic E-state index is 14.0. The third kappa shape index (κ3) is 5.34. The van der Waals surface area contributed by atoms with E-state index in [4.69, 9.17) is 9.47 Å². The number of methoxy groups -OCH3 is 2. The fraction of sp³-hybridized carbons (Fsp3) is 0.519. The lowest BCUT2D eigenvalue weighted by molar-refractivity contribution is 0.132. The topological polar surface area (TPSA) is 62.8 Å². The number of anilines is 1. The third-order valence-corrected chi connectivity index (χ3v) is 8.14. The van der Waals surface area contributed by atoms with Gasteiger partial charge < -0.3 is 20.1 Å². The van der Waals surface area contributed by atoms with Crippen LogP contribution in [0.1, 0.15) is 44.1 Å². The van der Waals surface area contributed by atoms with Crippen LogP contribution in [0.5, 0.6) is 11.5 Å². The molecule has 2 amide bonds. The molecule has 1 heterocycles. The van der Waals surface area contributed by atoms with Crippen molar-refractivity contribution in [1.82, 2.24) is 10.2 Å². The number of carbonyl (C=O) groups is 1. The van der Waals surface area contributed by atoms with Crippen molar-refractivity contribution >= 4 is 24.1 Å². The Labute approximate surface area is 221 Å². The number of ether oxygens (including phenoxy) is 2. The van der Waals surface area contributed by atoms with Gasteiger partial charge in [0.25, 0.3) is 0 Å². The van der Waals surface area contributed by atoms with E-state index in [0.29, 0.717) is 11.5 Å². The molecule has 3 fully saturated rings. The molecule has 0 radical (unpaired) electrons. The van der Waals surface area contributed by atoms with Crippen LogP contribution in [-0.2, 0) is 5.41 Å². The SMILES string of the molecule is COc1ccc([C@@]23CC[C@@H](NC(=O)Nc4ccc(F)c(F)c4F)C[C@@H]2N(CC2CC2)CC3)cc1OC.Cl. The third-order valence-electron chi connectivity index (χ3n) is 8.14. The van der Waals surface area contributed by atoms with Crippen molar-refractivity contribution in [3.05, 3.63) is 53.3 Å². The molecule has 0 bridgehead atoms. The first kappa shape index (κ1) is 27.4. The number of likely N-dealkylation sites (tertiary alicyclic amines) is 1. The summed E-state index contributed by atoms with van der Waals surface area (Å²) in [6.07, 6.45) is 5.91. The normalized spacial score (nSPS) is 25.1. The summed E-state index contributed by atoms with van der Waals surface area (Å²) < 4.78 is 51.8. The van der Waals surface area contributed by atoms with Crippen molar-refractivity contribution in [3.8, 4) is 11.5 Å². The second-order valence-corrected chi connectivity index (χ2v) is 10.2. The van der Waals surface area contributed by atoms with Crippen molar-refractivity contribution in [2.24, 2.45) is 5.92 Å². The van der Waals surface area contributed by atoms with Gasteiger partial charge in [0, 0.05) is 24.0 Å². The second-order valence-electron chi connectivity index (χ2n) is 10.2. The van der Waals surface area contributed by atoms with Crippen LogP contribution in [0.15, 0.2) is 30.3 Å². The van der Waals surface area contributed by atoms with Crippen LogP contribution in [0.3, 0.4) is 0 Å². The highest BCUT2D eigenvalue weighted by Crippen LogP contribution is 2.51. The number of hydrogen-bond acceptors (Lipinski definition) is 4. The van der Waals surface area contributed by atoms with E-state index in [-0.39, 0.29) is 29.9 Å². The van der Waals surface area contributed by atoms with E-state index in [9.17, 15) is 18.0 Å². The Hall–Kier alpha value is -2.65. The van der Waals surface area contributed by atoms with Crippen molar-refractivity contribution in [2.75, 3.05) is 32.6 Å². The zero-order valence-electron chi connectivity index (χ0n) is 21.0. The number of nitrogens with one attached hydrogen (secondary N) is 2. The molecule has 2 aliphatic carbocycles. The van der Waals surface area contributed by atoms with E-state index in [2.05, 4.69) is 27.7 Å². The molecule has 2 N–H and O–H groups in total. The fourth-order valence-corrected chi connectivity index (χ4v) is 6.08. The Morgan fingerprint density at radius 1 is 1.03 bits per heavy atom. The predicted octanol–water partition coefficient (Wildman–Crippen LogP) is 5.64. The summed E-state index contributed by atoms with van der Waals surface area (Å²) in [5.74, 6) is -2.18. The van der Waals surface area contributed by atoms with Gasteiger partial charge in [-0.25, -0.2) is 18.0 Å². The maximum atomic E-state index is 14.0. The standard InChI is InChI=1S/C27H32F3N3O3.ClH/c1-35-21-8-5-17(13-22(21)36-2)27-10-9-18(14-23(27)33(12-11-27)15-16-3-4-16)31-26(34)32-20-7-6-19(28)24(29)25(20)30;/h5-8,13,16,18,23H,3-4,9-12,14-15H2,1-2H3,(H2,31,32,34);1H/t18-,23+,27+;/m1./s1. The number of rotatable bonds is 7. The zero-order valence-corrected chi connectivity index (χ0v) is 21.8. The van der Waals surface area contributed by atoms with Gasteiger partial charge in [-0.05, 0) is 80.8 Å². The molecule has 1 aliphatic heterocycles. The molecule has 0 aromatic heterocycles. The molecule has 37 heavy (non-hydrogen) atoms. The highest BCUT2D eigenvalue weighted by atomic mass is 35.5. The molecular weight excluding hydrogens is 507 g/mol. The van der Waals surface area contributed by atoms with Gasteiger partial charge >= 0.3 is 6.03 Å². The molecule has 3 atom stereocenters. The summed E-state index contributed by atoms with van der Waals surface area (Å²) in [5, 5.41) is 5.27. The van der Waals surface area contributed by atoms with Crippen LogP contribution in [0, 0.1) is 23.4 Å². The summed E-state index contributed by atoms with van der Waals surface area (Å²) in [6.45, 7) is 2.05. The predicted molar refractivity (Wildman–Crippen MR) is 137 cm³/mol. The van der Waals surface area contributed by atoms with Crippen molar-refractivity contribution in [1.29, 1.82) is 0 Å². The maximum Gasteiger partial charge on any atom is 0.319 e. The van der Waals surface area contributed by atoms with Crippen molar-refractivity contribution < 1.29 is 27.4 Å². The lowest BCUT2D eigenvalue weighted by Gasteiger charge is -2.45. The molecule has 6 nitrogen and oxygen atoms in total. The molecule has 2 aromatic carbocycles. The number of amides is 2. The minimum atomic E-state index is -1.60. The van der Waals surface area contributed by atoms with Crippen molar-refractivity contribution in [3.63, 3.8) is 0 Å². The molecule has 202 valence electrons. The molecular formula is C27H33ClF3N3O3. The van der Waals surface area contributed by atoms with Gasteiger partial charge in [0.1, 0.15) is 0 Å². The summed E-state index contributed by atoms with van der Waals surface area (Å²) in [4.78, 5) is 15.2. The molecule has 10 heteroatoms. The van der Waals surface area contributed by atoms with Gasteiger partial charge in [-0.1, -0.05) is 6.07 Å². The van der Waals surface area contributed by atoms with Gasteiger partial charge in [0.05, 0.1) is 19.9 Å². The largest absolute Gasteiger partial charge is 0.493 e. The number of hydrogen-bond donors (Lipinski definition) is 2. The number of carbonyl (C=O) groups excluding carboxylic acids is 1. The molecule has 3 aliphatic rings. The average molecular weight is 540 g/mol. The van der Waals surface area contributed by atoms with Crippen LogP contribution in [-0.4, -0.2) is 50.3 Å². The molecule has 5 rings (SSSR count). The van der Waals surface area contributed by atoms with Crippen LogP contribution >= 0.6 is 12.4 Å². The summed E-state index contributed by atoms with van der Waals surface area (Å²) in [6, 6.07) is 7.45. The molecule has 0 spiro atoms. The van der Waals surface area contributed by atoms with Gasteiger partial charge in [0.2, 0.25) is 0 Å². The highest BCUT2D eigenvalue weighted by Gasteiger charge is 2.52. The van der Waals surface area contributed by atoms with E-state index in [1.807, 2.05) is 6.07 Å². The van der Waals surface area contributed by atoms with Crippen LogP contribution in [0.2, 0.25) is 0 Å². The fourth-order valence-electron chi connectivity index (χ4n) is 6.08. The quantitative estimate of drug-likeness (QED) is 0.447. The Morgan fingerprint density at radius 2 is 1.78 bits per heavy atom. The zero-order chi connectivity index (χ0) is 25.4. The number of nitrogens with zero attached hydrogens (tertiary/aromatic N) is 1. The summed E-state index contributed by atoms with van der Waals surface area (Å²) in [5.41, 5.74) is 0.767. The smallest absolute Gasteiger partial charge is 0.319 e. The Kier molecular flexibility index (Phi) is 8.14. The number of benzene rings is 2. The summed E-state index contributed by atoms with van der Waals surface area (Å²) >= 11 is 0. The van der Waals surface area contributed by atoms with Gasteiger partial charge in [0.15, 0.2) is 29.0 Å². The Morgan fingerprint density at radius 3 is 2.49 bits per heavy atom. The monoisotopic (exact) mass is 539 g/mol. The number of fused-ring (bicyclic) bond motifs is 1. The van der Waals surface area contributed by atoms with E-state index < -0.39 is 29.2 Å².